The number of carbonyl (C=O) groups excluding carboxylic acids is 1. The van der Waals surface area contributed by atoms with E-state index in [1.54, 1.807) is 0 Å². The normalized spacial score (nSPS) is 12.1. The molecule has 2 rings (SSSR count). The van der Waals surface area contributed by atoms with E-state index in [-0.39, 0.29) is 11.8 Å². The Bertz CT molecular complexity index is 583. The minimum atomic E-state index is 0.0679. The number of carbonyl (C=O) groups is 1. The number of amides is 1. The zero-order valence-corrected chi connectivity index (χ0v) is 14.0. The molecular formula is C17H23N3OS. The zero-order chi connectivity index (χ0) is 15.8. The van der Waals surface area contributed by atoms with E-state index in [0.717, 1.165) is 37.1 Å². The molecule has 0 aliphatic rings. The van der Waals surface area contributed by atoms with Gasteiger partial charge in [-0.25, -0.2) is 0 Å². The average Bonchev–Trinajstić information content (AvgIpc) is 2.96. The highest BCUT2D eigenvalue weighted by atomic mass is 32.1. The number of nitrogens with zero attached hydrogens (tertiary/aromatic N) is 2. The van der Waals surface area contributed by atoms with Gasteiger partial charge in [-0.15, -0.1) is 10.2 Å². The van der Waals surface area contributed by atoms with Crippen LogP contribution in [0.1, 0.15) is 50.1 Å². The standard InChI is InChI=1S/C17H23N3OS/c1-3-5-11-14(4-2)16(21)18-17-20-19-15(22-17)12-13-9-7-6-8-10-13/h6-10,14H,3-5,11-12H2,1-2H3,(H,18,20,21)/t14-/m0/s1. The molecule has 0 spiro atoms. The van der Waals surface area contributed by atoms with Crippen molar-refractivity contribution >= 4 is 22.4 Å². The number of rotatable bonds is 8. The van der Waals surface area contributed by atoms with Crippen molar-refractivity contribution in [3.05, 3.63) is 40.9 Å². The molecule has 0 saturated heterocycles. The van der Waals surface area contributed by atoms with Crippen molar-refractivity contribution in [2.24, 2.45) is 5.92 Å². The van der Waals surface area contributed by atoms with E-state index in [1.165, 1.54) is 16.9 Å². The molecule has 5 heteroatoms. The van der Waals surface area contributed by atoms with Crippen molar-refractivity contribution in [2.75, 3.05) is 5.32 Å². The third kappa shape index (κ3) is 4.91. The monoisotopic (exact) mass is 317 g/mol. The molecular weight excluding hydrogens is 294 g/mol. The highest BCUT2D eigenvalue weighted by Crippen LogP contribution is 2.21. The van der Waals surface area contributed by atoms with Crippen LogP contribution >= 0.6 is 11.3 Å². The van der Waals surface area contributed by atoms with Gasteiger partial charge >= 0.3 is 0 Å². The maximum atomic E-state index is 12.2. The molecule has 0 aliphatic heterocycles. The molecule has 4 nitrogen and oxygen atoms in total. The first-order chi connectivity index (χ1) is 10.7. The van der Waals surface area contributed by atoms with Crippen molar-refractivity contribution in [1.29, 1.82) is 0 Å². The van der Waals surface area contributed by atoms with Crippen LogP contribution < -0.4 is 5.32 Å². The first-order valence-corrected chi connectivity index (χ1v) is 8.71. The number of benzene rings is 1. The summed E-state index contributed by atoms with van der Waals surface area (Å²) in [6.07, 6.45) is 4.75. The number of hydrogen-bond acceptors (Lipinski definition) is 4. The van der Waals surface area contributed by atoms with Gasteiger partial charge in [0.05, 0.1) is 0 Å². The van der Waals surface area contributed by atoms with Gasteiger partial charge in [0.2, 0.25) is 11.0 Å². The second kappa shape index (κ2) is 8.63. The fraction of sp³-hybridized carbons (Fsp3) is 0.471. The molecule has 0 aliphatic carbocycles. The quantitative estimate of drug-likeness (QED) is 0.790. The number of unbranched alkanes of at least 4 members (excludes halogenated alkanes) is 1. The summed E-state index contributed by atoms with van der Waals surface area (Å²) in [6.45, 7) is 4.20. The fourth-order valence-electron chi connectivity index (χ4n) is 2.32. The summed E-state index contributed by atoms with van der Waals surface area (Å²) in [6, 6.07) is 10.2. The summed E-state index contributed by atoms with van der Waals surface area (Å²) in [5, 5.41) is 12.7. The van der Waals surface area contributed by atoms with E-state index in [0.29, 0.717) is 5.13 Å². The molecule has 0 saturated carbocycles. The minimum absolute atomic E-state index is 0.0679. The van der Waals surface area contributed by atoms with Gasteiger partial charge in [-0.3, -0.25) is 4.79 Å². The average molecular weight is 317 g/mol. The minimum Gasteiger partial charge on any atom is -0.300 e. The lowest BCUT2D eigenvalue weighted by molar-refractivity contribution is -0.120. The van der Waals surface area contributed by atoms with Crippen LogP contribution in [0.25, 0.3) is 0 Å². The molecule has 118 valence electrons. The van der Waals surface area contributed by atoms with Gasteiger partial charge < -0.3 is 5.32 Å². The lowest BCUT2D eigenvalue weighted by Gasteiger charge is -2.12. The molecule has 1 aromatic carbocycles. The number of anilines is 1. The van der Waals surface area contributed by atoms with Crippen molar-refractivity contribution in [1.82, 2.24) is 10.2 Å². The molecule has 1 atom stereocenters. The summed E-state index contributed by atoms with van der Waals surface area (Å²) in [5.41, 5.74) is 1.20. The maximum Gasteiger partial charge on any atom is 0.229 e. The van der Waals surface area contributed by atoms with Crippen LogP contribution in [0.5, 0.6) is 0 Å². The Morgan fingerprint density at radius 2 is 2.00 bits per heavy atom. The van der Waals surface area contributed by atoms with Gasteiger partial charge in [-0.1, -0.05) is 68.4 Å². The third-order valence-electron chi connectivity index (χ3n) is 3.66. The van der Waals surface area contributed by atoms with Crippen molar-refractivity contribution < 1.29 is 4.79 Å². The third-order valence-corrected chi connectivity index (χ3v) is 4.50. The second-order valence-electron chi connectivity index (χ2n) is 5.40. The van der Waals surface area contributed by atoms with E-state index in [1.807, 2.05) is 18.2 Å². The molecule has 0 unspecified atom stereocenters. The second-order valence-corrected chi connectivity index (χ2v) is 6.46. The Labute approximate surface area is 136 Å². The molecule has 1 amide bonds. The molecule has 0 radical (unpaired) electrons. The van der Waals surface area contributed by atoms with Gasteiger partial charge in [0, 0.05) is 12.3 Å². The first-order valence-electron chi connectivity index (χ1n) is 7.90. The Balaban J connectivity index is 1.92. The van der Waals surface area contributed by atoms with Crippen LogP contribution in [-0.4, -0.2) is 16.1 Å². The molecule has 0 fully saturated rings. The zero-order valence-electron chi connectivity index (χ0n) is 13.2. The summed E-state index contributed by atoms with van der Waals surface area (Å²) in [7, 11) is 0. The van der Waals surface area contributed by atoms with Gasteiger partial charge in [0.15, 0.2) is 0 Å². The van der Waals surface area contributed by atoms with Gasteiger partial charge in [0.1, 0.15) is 5.01 Å². The molecule has 2 aromatic rings. The highest BCUT2D eigenvalue weighted by molar-refractivity contribution is 7.15. The number of hydrogen-bond donors (Lipinski definition) is 1. The van der Waals surface area contributed by atoms with Crippen LogP contribution in [-0.2, 0) is 11.2 Å². The van der Waals surface area contributed by atoms with Gasteiger partial charge in [0.25, 0.3) is 0 Å². The fourth-order valence-corrected chi connectivity index (χ4v) is 3.10. The maximum absolute atomic E-state index is 12.2. The predicted octanol–water partition coefficient (Wildman–Crippen LogP) is 4.28. The van der Waals surface area contributed by atoms with Crippen molar-refractivity contribution in [3.63, 3.8) is 0 Å². The van der Waals surface area contributed by atoms with Crippen LogP contribution in [0, 0.1) is 5.92 Å². The topological polar surface area (TPSA) is 54.9 Å². The number of aromatic nitrogens is 2. The lowest BCUT2D eigenvalue weighted by atomic mass is 9.99. The van der Waals surface area contributed by atoms with Gasteiger partial charge in [-0.2, -0.15) is 0 Å². The Hall–Kier alpha value is -1.75. The summed E-state index contributed by atoms with van der Waals surface area (Å²) in [4.78, 5) is 12.2. The van der Waals surface area contributed by atoms with Crippen LogP contribution in [0.3, 0.4) is 0 Å². The van der Waals surface area contributed by atoms with E-state index in [2.05, 4.69) is 41.5 Å². The molecule has 22 heavy (non-hydrogen) atoms. The Morgan fingerprint density at radius 1 is 1.23 bits per heavy atom. The highest BCUT2D eigenvalue weighted by Gasteiger charge is 2.17. The van der Waals surface area contributed by atoms with Crippen LogP contribution in [0.2, 0.25) is 0 Å². The molecule has 1 N–H and O–H groups in total. The lowest BCUT2D eigenvalue weighted by Crippen LogP contribution is -2.22. The first kappa shape index (κ1) is 16.6. The Kier molecular flexibility index (Phi) is 6.52. The van der Waals surface area contributed by atoms with Gasteiger partial charge in [-0.05, 0) is 18.4 Å². The van der Waals surface area contributed by atoms with E-state index in [9.17, 15) is 4.79 Å². The van der Waals surface area contributed by atoms with E-state index < -0.39 is 0 Å². The molecule has 1 heterocycles. The van der Waals surface area contributed by atoms with E-state index >= 15 is 0 Å². The SMILES string of the molecule is CCCC[C@H](CC)C(=O)Nc1nnc(Cc2ccccc2)s1. The predicted molar refractivity (Wildman–Crippen MR) is 91.1 cm³/mol. The van der Waals surface area contributed by atoms with Crippen LogP contribution in [0.4, 0.5) is 5.13 Å². The van der Waals surface area contributed by atoms with E-state index in [4.69, 9.17) is 0 Å². The largest absolute Gasteiger partial charge is 0.300 e. The molecule has 1 aromatic heterocycles. The van der Waals surface area contributed by atoms with Crippen LogP contribution in [0.15, 0.2) is 30.3 Å². The van der Waals surface area contributed by atoms with Crippen molar-refractivity contribution in [3.8, 4) is 0 Å². The Morgan fingerprint density at radius 3 is 2.68 bits per heavy atom. The summed E-state index contributed by atoms with van der Waals surface area (Å²) < 4.78 is 0. The smallest absolute Gasteiger partial charge is 0.229 e. The number of nitrogens with one attached hydrogen (secondary N) is 1. The summed E-state index contributed by atoms with van der Waals surface area (Å²) in [5.74, 6) is 0.139. The van der Waals surface area contributed by atoms with Crippen molar-refractivity contribution in [2.45, 2.75) is 46.0 Å². The summed E-state index contributed by atoms with van der Waals surface area (Å²) >= 11 is 1.45. The molecule has 0 bridgehead atoms.